The predicted molar refractivity (Wildman–Crippen MR) is 152 cm³/mol. The standard InChI is InChI=1S/C31H30N6O/c1-36(2)26-16-8-21(9-17-26)18-32-29-30-33-19-28(37(30)20-27(35-29)22-6-4-3-5-7-22)23-10-12-24(13-11-23)31(38)34-25-14-15-25/h3-13,16-17,19-20,25H,14-15,18H2,1-2H3,(H,32,35)(H,34,38). The molecule has 6 rings (SSSR count). The molecule has 0 spiro atoms. The highest BCUT2D eigenvalue weighted by atomic mass is 16.1. The van der Waals surface area contributed by atoms with Crippen molar-refractivity contribution in [3.8, 4) is 22.5 Å². The van der Waals surface area contributed by atoms with Gasteiger partial charge < -0.3 is 15.5 Å². The summed E-state index contributed by atoms with van der Waals surface area (Å²) < 4.78 is 2.08. The largest absolute Gasteiger partial charge is 0.378 e. The van der Waals surface area contributed by atoms with E-state index in [4.69, 9.17) is 9.97 Å². The van der Waals surface area contributed by atoms with Crippen molar-refractivity contribution in [3.05, 3.63) is 102 Å². The maximum atomic E-state index is 12.4. The lowest BCUT2D eigenvalue weighted by atomic mass is 10.1. The Morgan fingerprint density at radius 3 is 2.37 bits per heavy atom. The zero-order valence-corrected chi connectivity index (χ0v) is 21.6. The van der Waals surface area contributed by atoms with Crippen molar-refractivity contribution in [2.75, 3.05) is 24.3 Å². The van der Waals surface area contributed by atoms with Crippen LogP contribution in [0.1, 0.15) is 28.8 Å². The maximum absolute atomic E-state index is 12.4. The summed E-state index contributed by atoms with van der Waals surface area (Å²) in [6.07, 6.45) is 6.03. The topological polar surface area (TPSA) is 74.6 Å². The van der Waals surface area contributed by atoms with E-state index in [0.717, 1.165) is 58.1 Å². The number of imidazole rings is 1. The van der Waals surface area contributed by atoms with E-state index in [1.807, 2.05) is 69.0 Å². The molecule has 1 aliphatic rings. The van der Waals surface area contributed by atoms with Crippen molar-refractivity contribution < 1.29 is 4.79 Å². The van der Waals surface area contributed by atoms with Gasteiger partial charge in [0.25, 0.3) is 5.91 Å². The number of amides is 1. The van der Waals surface area contributed by atoms with E-state index in [0.29, 0.717) is 18.2 Å². The molecular weight excluding hydrogens is 472 g/mol. The van der Waals surface area contributed by atoms with Crippen LogP contribution < -0.4 is 15.5 Å². The number of fused-ring (bicyclic) bond motifs is 1. The number of benzene rings is 3. The molecule has 3 aromatic carbocycles. The summed E-state index contributed by atoms with van der Waals surface area (Å²) in [5.41, 5.74) is 7.54. The Morgan fingerprint density at radius 1 is 0.947 bits per heavy atom. The van der Waals surface area contributed by atoms with Gasteiger partial charge >= 0.3 is 0 Å². The van der Waals surface area contributed by atoms with Gasteiger partial charge in [0.1, 0.15) is 0 Å². The quantitative estimate of drug-likeness (QED) is 0.288. The molecule has 5 aromatic rings. The van der Waals surface area contributed by atoms with E-state index in [-0.39, 0.29) is 5.91 Å². The molecule has 1 fully saturated rings. The predicted octanol–water partition coefficient (Wildman–Crippen LogP) is 5.63. The van der Waals surface area contributed by atoms with Crippen molar-refractivity contribution in [1.82, 2.24) is 19.7 Å². The minimum Gasteiger partial charge on any atom is -0.378 e. The Labute approximate surface area is 222 Å². The average Bonchev–Trinajstić information content (AvgIpc) is 3.67. The fourth-order valence-corrected chi connectivity index (χ4v) is 4.45. The Balaban J connectivity index is 1.34. The average molecular weight is 503 g/mol. The van der Waals surface area contributed by atoms with Crippen molar-refractivity contribution in [2.45, 2.75) is 25.4 Å². The van der Waals surface area contributed by atoms with Gasteiger partial charge in [-0.3, -0.25) is 9.20 Å². The van der Waals surface area contributed by atoms with Crippen LogP contribution in [0.5, 0.6) is 0 Å². The summed E-state index contributed by atoms with van der Waals surface area (Å²) in [7, 11) is 4.07. The number of anilines is 2. The van der Waals surface area contributed by atoms with Crippen molar-refractivity contribution in [1.29, 1.82) is 0 Å². The van der Waals surface area contributed by atoms with Crippen LogP contribution >= 0.6 is 0 Å². The fourth-order valence-electron chi connectivity index (χ4n) is 4.45. The van der Waals surface area contributed by atoms with Crippen LogP contribution in [0.3, 0.4) is 0 Å². The number of aromatic nitrogens is 3. The molecule has 2 heterocycles. The molecule has 1 saturated carbocycles. The third kappa shape index (κ3) is 4.95. The first kappa shape index (κ1) is 23.7. The molecule has 0 unspecified atom stereocenters. The van der Waals surface area contributed by atoms with Gasteiger partial charge in [0.2, 0.25) is 0 Å². The summed E-state index contributed by atoms with van der Waals surface area (Å²) in [5, 5.41) is 6.56. The monoisotopic (exact) mass is 502 g/mol. The Bertz CT molecular complexity index is 1570. The van der Waals surface area contributed by atoms with E-state index in [9.17, 15) is 4.79 Å². The van der Waals surface area contributed by atoms with Gasteiger partial charge in [0.05, 0.1) is 17.6 Å². The molecule has 2 aromatic heterocycles. The second-order valence-corrected chi connectivity index (χ2v) is 9.92. The summed E-state index contributed by atoms with van der Waals surface area (Å²) >= 11 is 0. The molecule has 0 atom stereocenters. The van der Waals surface area contributed by atoms with Gasteiger partial charge in [-0.1, -0.05) is 54.6 Å². The van der Waals surface area contributed by atoms with Crippen molar-refractivity contribution in [2.24, 2.45) is 0 Å². The Morgan fingerprint density at radius 2 is 1.68 bits per heavy atom. The van der Waals surface area contributed by atoms with E-state index in [1.165, 1.54) is 0 Å². The van der Waals surface area contributed by atoms with Gasteiger partial charge in [-0.2, -0.15) is 0 Å². The summed E-state index contributed by atoms with van der Waals surface area (Å²) in [6.45, 7) is 0.627. The van der Waals surface area contributed by atoms with Crippen LogP contribution in [-0.4, -0.2) is 40.4 Å². The van der Waals surface area contributed by atoms with E-state index >= 15 is 0 Å². The van der Waals surface area contributed by atoms with Gasteiger partial charge in [0.15, 0.2) is 11.5 Å². The number of nitrogens with zero attached hydrogens (tertiary/aromatic N) is 4. The van der Waals surface area contributed by atoms with Crippen LogP contribution in [0.2, 0.25) is 0 Å². The van der Waals surface area contributed by atoms with E-state index in [2.05, 4.69) is 56.3 Å². The lowest BCUT2D eigenvalue weighted by Crippen LogP contribution is -2.25. The SMILES string of the molecule is CN(C)c1ccc(CNc2nc(-c3ccccc3)cn3c(-c4ccc(C(=O)NC5CC5)cc4)cnc23)cc1. The molecule has 7 heteroatoms. The van der Waals surface area contributed by atoms with Gasteiger partial charge in [-0.15, -0.1) is 0 Å². The Hall–Kier alpha value is -4.65. The number of carbonyl (C=O) groups is 1. The highest BCUT2D eigenvalue weighted by molar-refractivity contribution is 5.95. The summed E-state index contributed by atoms with van der Waals surface area (Å²) in [5.74, 6) is 0.701. The zero-order chi connectivity index (χ0) is 26.1. The third-order valence-electron chi connectivity index (χ3n) is 6.83. The molecule has 1 amide bonds. The third-order valence-corrected chi connectivity index (χ3v) is 6.83. The minimum absolute atomic E-state index is 0.0159. The molecular formula is C31H30N6O. The van der Waals surface area contributed by atoms with Crippen molar-refractivity contribution >= 4 is 23.1 Å². The number of nitrogens with one attached hydrogen (secondary N) is 2. The number of hydrogen-bond donors (Lipinski definition) is 2. The molecule has 0 aliphatic heterocycles. The number of carbonyl (C=O) groups excluding carboxylic acids is 1. The normalized spacial score (nSPS) is 12.9. The molecule has 38 heavy (non-hydrogen) atoms. The van der Waals surface area contributed by atoms with E-state index in [1.54, 1.807) is 0 Å². The van der Waals surface area contributed by atoms with Crippen LogP contribution in [0.4, 0.5) is 11.5 Å². The number of rotatable bonds is 8. The Kier molecular flexibility index (Phi) is 6.25. The van der Waals surface area contributed by atoms with Gasteiger partial charge in [0, 0.05) is 55.3 Å². The molecule has 0 saturated heterocycles. The molecule has 2 N–H and O–H groups in total. The van der Waals surface area contributed by atoms with Crippen LogP contribution in [0, 0.1) is 0 Å². The fraction of sp³-hybridized carbons (Fsp3) is 0.194. The first-order valence-electron chi connectivity index (χ1n) is 12.9. The van der Waals surface area contributed by atoms with Crippen LogP contribution in [0.25, 0.3) is 28.2 Å². The van der Waals surface area contributed by atoms with Crippen LogP contribution in [-0.2, 0) is 6.54 Å². The zero-order valence-electron chi connectivity index (χ0n) is 21.6. The lowest BCUT2D eigenvalue weighted by Gasteiger charge is -2.14. The molecule has 7 nitrogen and oxygen atoms in total. The lowest BCUT2D eigenvalue weighted by molar-refractivity contribution is 0.0951. The first-order chi connectivity index (χ1) is 18.5. The minimum atomic E-state index is -0.0159. The number of hydrogen-bond acceptors (Lipinski definition) is 5. The highest BCUT2D eigenvalue weighted by Gasteiger charge is 2.23. The highest BCUT2D eigenvalue weighted by Crippen LogP contribution is 2.28. The first-order valence-corrected chi connectivity index (χ1v) is 12.9. The molecule has 0 bridgehead atoms. The molecule has 0 radical (unpaired) electrons. The molecule has 1 aliphatic carbocycles. The summed E-state index contributed by atoms with van der Waals surface area (Å²) in [4.78, 5) is 24.2. The van der Waals surface area contributed by atoms with Gasteiger partial charge in [-0.05, 0) is 42.7 Å². The van der Waals surface area contributed by atoms with Crippen molar-refractivity contribution in [3.63, 3.8) is 0 Å². The second-order valence-electron chi connectivity index (χ2n) is 9.92. The van der Waals surface area contributed by atoms with Crippen LogP contribution in [0.15, 0.2) is 91.3 Å². The molecule has 190 valence electrons. The second kappa shape index (κ2) is 10.0. The van der Waals surface area contributed by atoms with E-state index < -0.39 is 0 Å². The summed E-state index contributed by atoms with van der Waals surface area (Å²) in [6, 6.07) is 26.7. The van der Waals surface area contributed by atoms with Gasteiger partial charge in [-0.25, -0.2) is 9.97 Å². The maximum Gasteiger partial charge on any atom is 0.251 e. The smallest absolute Gasteiger partial charge is 0.251 e.